The van der Waals surface area contributed by atoms with Gasteiger partial charge in [0.05, 0.1) is 13.2 Å². The summed E-state index contributed by atoms with van der Waals surface area (Å²) < 4.78 is 11.4. The number of ether oxygens (including phenoxy) is 2. The van der Waals surface area contributed by atoms with E-state index in [0.29, 0.717) is 13.2 Å². The summed E-state index contributed by atoms with van der Waals surface area (Å²) in [5, 5.41) is 0. The molecule has 0 amide bonds. The summed E-state index contributed by atoms with van der Waals surface area (Å²) in [6, 6.07) is 8.19. The van der Waals surface area contributed by atoms with E-state index in [1.165, 1.54) is 5.57 Å². The van der Waals surface area contributed by atoms with Gasteiger partial charge in [-0.05, 0) is 38.8 Å². The first-order chi connectivity index (χ1) is 8.86. The van der Waals surface area contributed by atoms with E-state index >= 15 is 0 Å². The molecule has 0 saturated carbocycles. The number of hydrogen-bond donors (Lipinski definition) is 0. The maximum absolute atomic E-state index is 5.72. The molecule has 1 aliphatic rings. The second-order valence-corrected chi connectivity index (χ2v) is 4.15. The van der Waals surface area contributed by atoms with Crippen LogP contribution in [0.4, 0.5) is 0 Å². The summed E-state index contributed by atoms with van der Waals surface area (Å²) in [4.78, 5) is 0. The molecule has 2 heteroatoms. The van der Waals surface area contributed by atoms with Gasteiger partial charge in [0.15, 0.2) is 0 Å². The van der Waals surface area contributed by atoms with Gasteiger partial charge in [-0.3, -0.25) is 0 Å². The summed E-state index contributed by atoms with van der Waals surface area (Å²) in [7, 11) is 0. The van der Waals surface area contributed by atoms with Gasteiger partial charge in [0.2, 0.25) is 0 Å². The van der Waals surface area contributed by atoms with Crippen molar-refractivity contribution in [2.24, 2.45) is 0 Å². The fraction of sp³-hybridized carbons (Fsp3) is 0.375. The van der Waals surface area contributed by atoms with Gasteiger partial charge in [-0.25, -0.2) is 0 Å². The minimum atomic E-state index is 0.685. The quantitative estimate of drug-likeness (QED) is 0.773. The van der Waals surface area contributed by atoms with Crippen molar-refractivity contribution < 1.29 is 9.47 Å². The van der Waals surface area contributed by atoms with E-state index < -0.39 is 0 Å². The van der Waals surface area contributed by atoms with Crippen LogP contribution >= 0.6 is 0 Å². The third-order valence-electron chi connectivity index (χ3n) is 2.94. The normalized spacial score (nSPS) is 14.8. The molecule has 0 heterocycles. The minimum Gasteiger partial charge on any atom is -0.494 e. The lowest BCUT2D eigenvalue weighted by atomic mass is 9.95. The zero-order valence-electron chi connectivity index (χ0n) is 11.1. The van der Waals surface area contributed by atoms with Crippen molar-refractivity contribution in [3.8, 4) is 5.75 Å². The third kappa shape index (κ3) is 2.76. The summed E-state index contributed by atoms with van der Waals surface area (Å²) >= 11 is 0. The van der Waals surface area contributed by atoms with E-state index in [4.69, 9.17) is 9.47 Å². The smallest absolute Gasteiger partial charge is 0.126 e. The maximum atomic E-state index is 5.72. The van der Waals surface area contributed by atoms with Gasteiger partial charge < -0.3 is 9.47 Å². The highest BCUT2D eigenvalue weighted by Gasteiger charge is 2.15. The molecule has 18 heavy (non-hydrogen) atoms. The van der Waals surface area contributed by atoms with Gasteiger partial charge in [-0.15, -0.1) is 0 Å². The van der Waals surface area contributed by atoms with Gasteiger partial charge in [-0.1, -0.05) is 24.3 Å². The maximum Gasteiger partial charge on any atom is 0.126 e. The summed E-state index contributed by atoms with van der Waals surface area (Å²) in [5.41, 5.74) is 2.41. The molecule has 2 nitrogen and oxygen atoms in total. The first-order valence-electron chi connectivity index (χ1n) is 6.61. The zero-order chi connectivity index (χ0) is 12.8. The number of allylic oxidation sites excluding steroid dienone is 3. The van der Waals surface area contributed by atoms with Crippen LogP contribution in [0, 0.1) is 0 Å². The van der Waals surface area contributed by atoms with Crippen molar-refractivity contribution in [2.75, 3.05) is 13.2 Å². The highest BCUT2D eigenvalue weighted by Crippen LogP contribution is 2.34. The van der Waals surface area contributed by atoms with Crippen LogP contribution in [0.2, 0.25) is 0 Å². The van der Waals surface area contributed by atoms with Crippen LogP contribution in [0.5, 0.6) is 5.75 Å². The standard InChI is InChI=1S/C16H20O2/c1-3-17-15-11-7-5-9-13(15)14-10-6-8-12-16(14)18-4-2/h5,7-9,11-12H,3-4,6,10H2,1-2H3. The number of benzene rings is 1. The van der Waals surface area contributed by atoms with E-state index in [1.807, 2.05) is 32.0 Å². The molecule has 0 aliphatic heterocycles. The molecule has 0 fully saturated rings. The highest BCUT2D eigenvalue weighted by molar-refractivity contribution is 5.74. The van der Waals surface area contributed by atoms with Crippen molar-refractivity contribution in [1.29, 1.82) is 0 Å². The van der Waals surface area contributed by atoms with E-state index in [0.717, 1.165) is 29.9 Å². The molecule has 0 saturated heterocycles. The molecular formula is C16H20O2. The molecule has 0 aromatic heterocycles. The second-order valence-electron chi connectivity index (χ2n) is 4.15. The molecule has 1 aliphatic carbocycles. The molecule has 2 rings (SSSR count). The topological polar surface area (TPSA) is 18.5 Å². The van der Waals surface area contributed by atoms with Gasteiger partial charge >= 0.3 is 0 Å². The molecule has 96 valence electrons. The minimum absolute atomic E-state index is 0.685. The zero-order valence-corrected chi connectivity index (χ0v) is 11.1. The highest BCUT2D eigenvalue weighted by atomic mass is 16.5. The summed E-state index contributed by atoms with van der Waals surface area (Å²) in [6.07, 6.45) is 6.31. The van der Waals surface area contributed by atoms with Crippen LogP contribution in [0.1, 0.15) is 32.3 Å². The Morgan fingerprint density at radius 3 is 2.61 bits per heavy atom. The predicted octanol–water partition coefficient (Wildman–Crippen LogP) is 4.18. The summed E-state index contributed by atoms with van der Waals surface area (Å²) in [5.74, 6) is 1.93. The Hall–Kier alpha value is -1.70. The van der Waals surface area contributed by atoms with Crippen LogP contribution in [0.25, 0.3) is 5.57 Å². The van der Waals surface area contributed by atoms with Crippen molar-refractivity contribution in [3.05, 3.63) is 47.7 Å². The van der Waals surface area contributed by atoms with Gasteiger partial charge in [0, 0.05) is 11.1 Å². The first-order valence-corrected chi connectivity index (χ1v) is 6.61. The predicted molar refractivity (Wildman–Crippen MR) is 74.5 cm³/mol. The number of hydrogen-bond acceptors (Lipinski definition) is 2. The third-order valence-corrected chi connectivity index (χ3v) is 2.94. The lowest BCUT2D eigenvalue weighted by Crippen LogP contribution is -2.02. The van der Waals surface area contributed by atoms with E-state index in [2.05, 4.69) is 18.2 Å². The van der Waals surface area contributed by atoms with E-state index in [-0.39, 0.29) is 0 Å². The molecule has 0 radical (unpaired) electrons. The molecule has 1 aromatic carbocycles. The molecule has 0 N–H and O–H groups in total. The van der Waals surface area contributed by atoms with Crippen LogP contribution < -0.4 is 4.74 Å². The second kappa shape index (κ2) is 6.29. The fourth-order valence-electron chi connectivity index (χ4n) is 2.20. The molecular weight excluding hydrogens is 224 g/mol. The van der Waals surface area contributed by atoms with Crippen molar-refractivity contribution in [2.45, 2.75) is 26.7 Å². The molecule has 0 unspecified atom stereocenters. The molecule has 0 atom stereocenters. The average Bonchev–Trinajstić information content (AvgIpc) is 2.41. The SMILES string of the molecule is CCOC1=C(c2ccccc2OCC)CCC=C1. The lowest BCUT2D eigenvalue weighted by molar-refractivity contribution is 0.242. The Labute approximate surface area is 109 Å². The van der Waals surface area contributed by atoms with Crippen LogP contribution in [0.3, 0.4) is 0 Å². The molecule has 0 spiro atoms. The van der Waals surface area contributed by atoms with E-state index in [9.17, 15) is 0 Å². The van der Waals surface area contributed by atoms with Crippen LogP contribution in [-0.4, -0.2) is 13.2 Å². The number of rotatable bonds is 5. The van der Waals surface area contributed by atoms with Crippen LogP contribution in [0.15, 0.2) is 42.2 Å². The largest absolute Gasteiger partial charge is 0.494 e. The number of para-hydroxylation sites is 1. The molecule has 0 bridgehead atoms. The first kappa shape index (κ1) is 12.7. The fourth-order valence-corrected chi connectivity index (χ4v) is 2.20. The Balaban J connectivity index is 2.42. The van der Waals surface area contributed by atoms with Gasteiger partial charge in [-0.2, -0.15) is 0 Å². The van der Waals surface area contributed by atoms with Crippen molar-refractivity contribution >= 4 is 5.57 Å². The Morgan fingerprint density at radius 1 is 1.06 bits per heavy atom. The Morgan fingerprint density at radius 2 is 1.83 bits per heavy atom. The van der Waals surface area contributed by atoms with Crippen molar-refractivity contribution in [1.82, 2.24) is 0 Å². The monoisotopic (exact) mass is 244 g/mol. The van der Waals surface area contributed by atoms with Gasteiger partial charge in [0.1, 0.15) is 11.5 Å². The lowest BCUT2D eigenvalue weighted by Gasteiger charge is -2.18. The Bertz CT molecular complexity index is 458. The van der Waals surface area contributed by atoms with Crippen LogP contribution in [-0.2, 0) is 4.74 Å². The summed E-state index contributed by atoms with van der Waals surface area (Å²) in [6.45, 7) is 5.40. The van der Waals surface area contributed by atoms with E-state index in [1.54, 1.807) is 0 Å². The van der Waals surface area contributed by atoms with Gasteiger partial charge in [0.25, 0.3) is 0 Å². The average molecular weight is 244 g/mol. The van der Waals surface area contributed by atoms with Crippen molar-refractivity contribution in [3.63, 3.8) is 0 Å². The molecule has 1 aromatic rings. The Kier molecular flexibility index (Phi) is 4.46.